The third kappa shape index (κ3) is 3.46. The van der Waals surface area contributed by atoms with Crippen LogP contribution >= 0.6 is 11.6 Å². The van der Waals surface area contributed by atoms with Gasteiger partial charge in [0.1, 0.15) is 5.52 Å². The van der Waals surface area contributed by atoms with E-state index in [1.807, 2.05) is 36.4 Å². The van der Waals surface area contributed by atoms with Gasteiger partial charge in [-0.15, -0.1) is 0 Å². The van der Waals surface area contributed by atoms with Gasteiger partial charge in [0.2, 0.25) is 5.91 Å². The first-order valence-electron chi connectivity index (χ1n) is 8.36. The maximum absolute atomic E-state index is 12.5. The van der Waals surface area contributed by atoms with E-state index in [-0.39, 0.29) is 11.8 Å². The summed E-state index contributed by atoms with van der Waals surface area (Å²) >= 11 is 5.96. The number of piperidine rings is 1. The summed E-state index contributed by atoms with van der Waals surface area (Å²) in [4.78, 5) is 19.1. The molecule has 1 amide bonds. The summed E-state index contributed by atoms with van der Waals surface area (Å²) in [5.41, 5.74) is 2.38. The number of anilines is 2. The maximum Gasteiger partial charge on any atom is 0.298 e. The van der Waals surface area contributed by atoms with Gasteiger partial charge in [-0.3, -0.25) is 4.79 Å². The standard InChI is InChI=1S/C19H18ClN3O2/c20-14-4-3-5-15(12-14)21-18(24)13-8-10-23(11-9-13)19-22-16-6-1-2-7-17(16)25-19/h1-7,12-13H,8-11H2,(H,21,24). The lowest BCUT2D eigenvalue weighted by atomic mass is 9.96. The Kier molecular flexibility index (Phi) is 4.32. The summed E-state index contributed by atoms with van der Waals surface area (Å²) in [5, 5.41) is 3.56. The van der Waals surface area contributed by atoms with Gasteiger partial charge in [0.25, 0.3) is 6.01 Å². The van der Waals surface area contributed by atoms with Gasteiger partial charge in [0.05, 0.1) is 0 Å². The smallest absolute Gasteiger partial charge is 0.298 e. The van der Waals surface area contributed by atoms with Gasteiger partial charge in [-0.05, 0) is 43.2 Å². The van der Waals surface area contributed by atoms with Crippen LogP contribution in [0.15, 0.2) is 52.9 Å². The largest absolute Gasteiger partial charge is 0.423 e. The number of aromatic nitrogens is 1. The number of amides is 1. The minimum atomic E-state index is -0.0143. The van der Waals surface area contributed by atoms with Crippen molar-refractivity contribution in [3.8, 4) is 0 Å². The number of fused-ring (bicyclic) bond motifs is 1. The molecular weight excluding hydrogens is 338 g/mol. The minimum Gasteiger partial charge on any atom is -0.423 e. The van der Waals surface area contributed by atoms with Gasteiger partial charge in [-0.2, -0.15) is 4.98 Å². The number of rotatable bonds is 3. The zero-order chi connectivity index (χ0) is 17.2. The number of halogens is 1. The molecule has 1 N–H and O–H groups in total. The fraction of sp³-hybridized carbons (Fsp3) is 0.263. The van der Waals surface area contributed by atoms with Crippen LogP contribution in [-0.4, -0.2) is 24.0 Å². The Morgan fingerprint density at radius 3 is 2.72 bits per heavy atom. The minimum absolute atomic E-state index is 0.0143. The molecule has 1 fully saturated rings. The molecule has 0 bridgehead atoms. The molecule has 6 heteroatoms. The van der Waals surface area contributed by atoms with Gasteiger partial charge >= 0.3 is 0 Å². The second-order valence-electron chi connectivity index (χ2n) is 6.23. The molecule has 1 aromatic heterocycles. The highest BCUT2D eigenvalue weighted by atomic mass is 35.5. The van der Waals surface area contributed by atoms with Crippen LogP contribution < -0.4 is 10.2 Å². The molecule has 1 aliphatic rings. The van der Waals surface area contributed by atoms with E-state index in [2.05, 4.69) is 15.2 Å². The fourth-order valence-electron chi connectivity index (χ4n) is 3.14. The van der Waals surface area contributed by atoms with E-state index in [0.29, 0.717) is 11.0 Å². The van der Waals surface area contributed by atoms with Crippen LogP contribution in [0.5, 0.6) is 0 Å². The van der Waals surface area contributed by atoms with Crippen molar-refractivity contribution in [2.75, 3.05) is 23.3 Å². The van der Waals surface area contributed by atoms with Crippen molar-refractivity contribution in [3.05, 3.63) is 53.6 Å². The molecule has 2 aromatic carbocycles. The summed E-state index contributed by atoms with van der Waals surface area (Å²) in [7, 11) is 0. The zero-order valence-corrected chi connectivity index (χ0v) is 14.4. The monoisotopic (exact) mass is 355 g/mol. The highest BCUT2D eigenvalue weighted by molar-refractivity contribution is 6.30. The average molecular weight is 356 g/mol. The van der Waals surface area contributed by atoms with Crippen LogP contribution in [0.2, 0.25) is 5.02 Å². The van der Waals surface area contributed by atoms with Gasteiger partial charge in [0.15, 0.2) is 5.58 Å². The van der Waals surface area contributed by atoms with Gasteiger partial charge in [0, 0.05) is 29.7 Å². The molecule has 0 radical (unpaired) electrons. The first-order valence-corrected chi connectivity index (χ1v) is 8.74. The third-order valence-corrected chi connectivity index (χ3v) is 4.75. The van der Waals surface area contributed by atoms with E-state index >= 15 is 0 Å². The maximum atomic E-state index is 12.5. The lowest BCUT2D eigenvalue weighted by molar-refractivity contribution is -0.120. The van der Waals surface area contributed by atoms with Crippen LogP contribution in [-0.2, 0) is 4.79 Å². The van der Waals surface area contributed by atoms with E-state index in [0.717, 1.165) is 42.7 Å². The number of nitrogens with one attached hydrogen (secondary N) is 1. The van der Waals surface area contributed by atoms with E-state index in [4.69, 9.17) is 16.0 Å². The van der Waals surface area contributed by atoms with Gasteiger partial charge in [-0.25, -0.2) is 0 Å². The lowest BCUT2D eigenvalue weighted by Gasteiger charge is -2.30. The molecule has 128 valence electrons. The second kappa shape index (κ2) is 6.76. The number of oxazole rings is 1. The average Bonchev–Trinajstić information content (AvgIpc) is 3.06. The molecule has 1 saturated heterocycles. The number of hydrogen-bond donors (Lipinski definition) is 1. The highest BCUT2D eigenvalue weighted by Crippen LogP contribution is 2.27. The predicted molar refractivity (Wildman–Crippen MR) is 99.0 cm³/mol. The molecule has 0 aliphatic carbocycles. The Balaban J connectivity index is 1.38. The molecule has 5 nitrogen and oxygen atoms in total. The molecular formula is C19H18ClN3O2. The van der Waals surface area contributed by atoms with Crippen molar-refractivity contribution < 1.29 is 9.21 Å². The summed E-state index contributed by atoms with van der Waals surface area (Å²) in [6.07, 6.45) is 1.54. The molecule has 4 rings (SSSR count). The summed E-state index contributed by atoms with van der Waals surface area (Å²) in [5.74, 6) is 0.0269. The number of benzene rings is 2. The lowest BCUT2D eigenvalue weighted by Crippen LogP contribution is -2.38. The van der Waals surface area contributed by atoms with Crippen molar-refractivity contribution in [1.82, 2.24) is 4.98 Å². The van der Waals surface area contributed by atoms with Crippen LogP contribution in [0.25, 0.3) is 11.1 Å². The summed E-state index contributed by atoms with van der Waals surface area (Å²) < 4.78 is 5.81. The number of hydrogen-bond acceptors (Lipinski definition) is 4. The molecule has 25 heavy (non-hydrogen) atoms. The van der Waals surface area contributed by atoms with Crippen molar-refractivity contribution in [1.29, 1.82) is 0 Å². The van der Waals surface area contributed by atoms with Crippen LogP contribution in [0.4, 0.5) is 11.7 Å². The van der Waals surface area contributed by atoms with Crippen molar-refractivity contribution >= 4 is 40.3 Å². The third-order valence-electron chi connectivity index (χ3n) is 4.51. The van der Waals surface area contributed by atoms with Crippen LogP contribution in [0.1, 0.15) is 12.8 Å². The number of para-hydroxylation sites is 2. The Hall–Kier alpha value is -2.53. The molecule has 1 aliphatic heterocycles. The summed E-state index contributed by atoms with van der Waals surface area (Å²) in [6, 6.07) is 15.6. The van der Waals surface area contributed by atoms with E-state index in [9.17, 15) is 4.79 Å². The fourth-order valence-corrected chi connectivity index (χ4v) is 3.33. The first kappa shape index (κ1) is 16.0. The van der Waals surface area contributed by atoms with Crippen molar-refractivity contribution in [3.63, 3.8) is 0 Å². The van der Waals surface area contributed by atoms with Gasteiger partial charge < -0.3 is 14.6 Å². The molecule has 0 spiro atoms. The Labute approximate surface area is 150 Å². The van der Waals surface area contributed by atoms with Crippen molar-refractivity contribution in [2.24, 2.45) is 5.92 Å². The van der Waals surface area contributed by atoms with E-state index < -0.39 is 0 Å². The first-order chi connectivity index (χ1) is 12.2. The predicted octanol–water partition coefficient (Wildman–Crippen LogP) is 4.34. The second-order valence-corrected chi connectivity index (χ2v) is 6.66. The SMILES string of the molecule is O=C(Nc1cccc(Cl)c1)C1CCN(c2nc3ccccc3o2)CC1. The number of carbonyl (C=O) groups excluding carboxylic acids is 1. The van der Waals surface area contributed by atoms with Crippen LogP contribution in [0.3, 0.4) is 0 Å². The van der Waals surface area contributed by atoms with E-state index in [1.54, 1.807) is 12.1 Å². The van der Waals surface area contributed by atoms with E-state index in [1.165, 1.54) is 0 Å². The molecule has 3 aromatic rings. The van der Waals surface area contributed by atoms with Crippen molar-refractivity contribution in [2.45, 2.75) is 12.8 Å². The topological polar surface area (TPSA) is 58.4 Å². The molecule has 0 saturated carbocycles. The van der Waals surface area contributed by atoms with Crippen LogP contribution in [0, 0.1) is 5.92 Å². The Bertz CT molecular complexity index is 867. The zero-order valence-electron chi connectivity index (χ0n) is 13.6. The molecule has 0 atom stereocenters. The number of carbonyl (C=O) groups is 1. The highest BCUT2D eigenvalue weighted by Gasteiger charge is 2.27. The Morgan fingerprint density at radius 1 is 1.16 bits per heavy atom. The normalized spacial score (nSPS) is 15.5. The molecule has 0 unspecified atom stereocenters. The number of nitrogens with zero attached hydrogens (tertiary/aromatic N) is 2. The van der Waals surface area contributed by atoms with Gasteiger partial charge in [-0.1, -0.05) is 29.8 Å². The Morgan fingerprint density at radius 2 is 1.96 bits per heavy atom. The quantitative estimate of drug-likeness (QED) is 0.759. The summed E-state index contributed by atoms with van der Waals surface area (Å²) in [6.45, 7) is 1.50. The molecule has 2 heterocycles.